The highest BCUT2D eigenvalue weighted by Gasteiger charge is 2.15. The predicted octanol–water partition coefficient (Wildman–Crippen LogP) is 4.58. The molecule has 104 valence electrons. The van der Waals surface area contributed by atoms with Crippen LogP contribution in [0, 0.1) is 11.3 Å². The lowest BCUT2D eigenvalue weighted by molar-refractivity contribution is 0.131. The van der Waals surface area contributed by atoms with Gasteiger partial charge in [-0.05, 0) is 68.4 Å². The third kappa shape index (κ3) is 3.33. The molecule has 0 saturated heterocycles. The topological polar surface area (TPSA) is 45.9 Å². The molecule has 20 heavy (non-hydrogen) atoms. The monoisotopic (exact) mass is 304 g/mol. The van der Waals surface area contributed by atoms with E-state index in [0.717, 1.165) is 21.2 Å². The van der Waals surface area contributed by atoms with Gasteiger partial charge < -0.3 is 4.74 Å². The Bertz CT molecular complexity index is 633. The second-order valence-electron chi connectivity index (χ2n) is 5.25. The average molecular weight is 304 g/mol. The summed E-state index contributed by atoms with van der Waals surface area (Å²) in [5.74, 6) is 0.828. The van der Waals surface area contributed by atoms with Gasteiger partial charge in [0.1, 0.15) is 28.0 Å². The van der Waals surface area contributed by atoms with E-state index >= 15 is 0 Å². The molecule has 1 heterocycles. The minimum absolute atomic E-state index is 0.212. The first-order chi connectivity index (χ1) is 9.44. The van der Waals surface area contributed by atoms with E-state index in [-0.39, 0.29) is 5.60 Å². The molecule has 0 aliphatic carbocycles. The van der Waals surface area contributed by atoms with Crippen molar-refractivity contribution in [2.45, 2.75) is 31.4 Å². The van der Waals surface area contributed by atoms with Crippen molar-refractivity contribution in [3.8, 4) is 22.3 Å². The molecule has 0 atom stereocenters. The molecule has 0 unspecified atom stereocenters. The molecule has 5 heteroatoms. The van der Waals surface area contributed by atoms with Crippen molar-refractivity contribution in [2.24, 2.45) is 0 Å². The largest absolute Gasteiger partial charge is 0.488 e. The maximum Gasteiger partial charge on any atom is 0.128 e. The number of ether oxygens (including phenoxy) is 1. The van der Waals surface area contributed by atoms with Gasteiger partial charge >= 0.3 is 0 Å². The molecule has 2 aromatic rings. The van der Waals surface area contributed by atoms with E-state index in [1.165, 1.54) is 23.3 Å². The van der Waals surface area contributed by atoms with Gasteiger partial charge in [0, 0.05) is 0 Å². The molecule has 0 bridgehead atoms. The Morgan fingerprint density at radius 3 is 2.40 bits per heavy atom. The van der Waals surface area contributed by atoms with Gasteiger partial charge in [0.25, 0.3) is 0 Å². The second-order valence-corrected chi connectivity index (χ2v) is 6.81. The van der Waals surface area contributed by atoms with Crippen LogP contribution in [0.2, 0.25) is 0 Å². The summed E-state index contributed by atoms with van der Waals surface area (Å²) in [6.07, 6.45) is 1.93. The van der Waals surface area contributed by atoms with E-state index in [0.29, 0.717) is 5.56 Å². The van der Waals surface area contributed by atoms with Crippen LogP contribution >= 0.6 is 23.3 Å². The predicted molar refractivity (Wildman–Crippen MR) is 84.4 cm³/mol. The lowest BCUT2D eigenvalue weighted by Crippen LogP contribution is -2.22. The number of nitrogens with zero attached hydrogens (tertiary/aromatic N) is 2. The smallest absolute Gasteiger partial charge is 0.128 e. The van der Waals surface area contributed by atoms with E-state index in [2.05, 4.69) is 10.4 Å². The molecule has 2 rings (SSSR count). The van der Waals surface area contributed by atoms with E-state index < -0.39 is 0 Å². The fraction of sp³-hybridized carbons (Fsp3) is 0.333. The van der Waals surface area contributed by atoms with Gasteiger partial charge in [0.15, 0.2) is 0 Å². The molecule has 0 aliphatic heterocycles. The van der Waals surface area contributed by atoms with Crippen LogP contribution in [0.3, 0.4) is 0 Å². The zero-order chi connectivity index (χ0) is 14.8. The number of rotatable bonds is 3. The SMILES string of the molecule is CSc1nsc(-c2ccc(OC(C)(C)C)cc2)c1C#N. The van der Waals surface area contributed by atoms with Gasteiger partial charge in [-0.3, -0.25) is 0 Å². The average Bonchev–Trinajstić information content (AvgIpc) is 2.80. The van der Waals surface area contributed by atoms with Crippen LogP contribution in [0.1, 0.15) is 26.3 Å². The molecule has 0 N–H and O–H groups in total. The summed E-state index contributed by atoms with van der Waals surface area (Å²) in [6.45, 7) is 6.05. The van der Waals surface area contributed by atoms with Crippen molar-refractivity contribution in [2.75, 3.05) is 6.26 Å². The molecule has 0 aliphatic rings. The fourth-order valence-electron chi connectivity index (χ4n) is 1.74. The maximum atomic E-state index is 9.27. The first-order valence-electron chi connectivity index (χ1n) is 6.18. The molecular weight excluding hydrogens is 288 g/mol. The highest BCUT2D eigenvalue weighted by molar-refractivity contribution is 7.98. The summed E-state index contributed by atoms with van der Waals surface area (Å²) in [5, 5.41) is 10.1. The van der Waals surface area contributed by atoms with Crippen molar-refractivity contribution >= 4 is 23.3 Å². The number of hydrogen-bond acceptors (Lipinski definition) is 5. The van der Waals surface area contributed by atoms with E-state index in [1.54, 1.807) is 0 Å². The Kier molecular flexibility index (Phi) is 4.36. The first-order valence-corrected chi connectivity index (χ1v) is 8.17. The molecule has 0 amide bonds. The lowest BCUT2D eigenvalue weighted by atomic mass is 10.1. The van der Waals surface area contributed by atoms with Crippen molar-refractivity contribution < 1.29 is 4.74 Å². The zero-order valence-electron chi connectivity index (χ0n) is 11.9. The number of benzene rings is 1. The normalized spacial score (nSPS) is 11.2. The molecule has 0 saturated carbocycles. The standard InChI is InChI=1S/C15H16N2OS2/c1-15(2,3)18-11-7-5-10(6-8-11)13-12(9-16)14(19-4)17-20-13/h5-8H,1-4H3. The fourth-order valence-corrected chi connectivity index (χ4v) is 3.31. The van der Waals surface area contributed by atoms with Crippen LogP contribution in [0.25, 0.3) is 10.4 Å². The van der Waals surface area contributed by atoms with Crippen LogP contribution in [-0.2, 0) is 0 Å². The Morgan fingerprint density at radius 1 is 1.25 bits per heavy atom. The summed E-state index contributed by atoms with van der Waals surface area (Å²) in [6, 6.07) is 10.0. The molecule has 3 nitrogen and oxygen atoms in total. The molecular formula is C15H16N2OS2. The van der Waals surface area contributed by atoms with Crippen molar-refractivity contribution in [3.63, 3.8) is 0 Å². The van der Waals surface area contributed by atoms with Crippen molar-refractivity contribution in [1.82, 2.24) is 4.37 Å². The van der Waals surface area contributed by atoms with Gasteiger partial charge in [0.05, 0.1) is 4.88 Å². The van der Waals surface area contributed by atoms with Crippen LogP contribution in [0.5, 0.6) is 5.75 Å². The highest BCUT2D eigenvalue weighted by atomic mass is 32.2. The zero-order valence-corrected chi connectivity index (χ0v) is 13.6. The second kappa shape index (κ2) is 5.86. The number of thioether (sulfide) groups is 1. The molecule has 1 aromatic carbocycles. The Balaban J connectivity index is 2.31. The van der Waals surface area contributed by atoms with Crippen LogP contribution in [-0.4, -0.2) is 16.2 Å². The minimum atomic E-state index is -0.212. The van der Waals surface area contributed by atoms with E-state index in [1.807, 2.05) is 51.3 Å². The Labute approximate surface area is 127 Å². The number of aromatic nitrogens is 1. The Morgan fingerprint density at radius 2 is 1.90 bits per heavy atom. The summed E-state index contributed by atoms with van der Waals surface area (Å²) in [4.78, 5) is 0.916. The third-order valence-corrected chi connectivity index (χ3v) is 4.20. The maximum absolute atomic E-state index is 9.27. The lowest BCUT2D eigenvalue weighted by Gasteiger charge is -2.21. The summed E-state index contributed by atoms with van der Waals surface area (Å²) in [5.41, 5.74) is 1.45. The number of hydrogen-bond donors (Lipinski definition) is 0. The van der Waals surface area contributed by atoms with E-state index in [9.17, 15) is 5.26 Å². The van der Waals surface area contributed by atoms with Crippen LogP contribution in [0.15, 0.2) is 29.3 Å². The van der Waals surface area contributed by atoms with Gasteiger partial charge in [0.2, 0.25) is 0 Å². The molecule has 1 aromatic heterocycles. The van der Waals surface area contributed by atoms with Crippen LogP contribution in [0.4, 0.5) is 0 Å². The first kappa shape index (κ1) is 14.9. The van der Waals surface area contributed by atoms with Gasteiger partial charge in [-0.2, -0.15) is 9.64 Å². The van der Waals surface area contributed by atoms with Gasteiger partial charge in [-0.1, -0.05) is 0 Å². The third-order valence-electron chi connectivity index (χ3n) is 2.51. The quantitative estimate of drug-likeness (QED) is 0.779. The van der Waals surface area contributed by atoms with Crippen molar-refractivity contribution in [1.29, 1.82) is 5.26 Å². The number of nitriles is 1. The molecule has 0 radical (unpaired) electrons. The minimum Gasteiger partial charge on any atom is -0.488 e. The van der Waals surface area contributed by atoms with Gasteiger partial charge in [-0.15, -0.1) is 11.8 Å². The Hall–Kier alpha value is -1.51. The van der Waals surface area contributed by atoms with E-state index in [4.69, 9.17) is 4.74 Å². The van der Waals surface area contributed by atoms with Gasteiger partial charge in [-0.25, -0.2) is 0 Å². The molecule has 0 fully saturated rings. The summed E-state index contributed by atoms with van der Waals surface area (Å²) >= 11 is 2.86. The van der Waals surface area contributed by atoms with Crippen LogP contribution < -0.4 is 4.74 Å². The summed E-state index contributed by atoms with van der Waals surface area (Å²) in [7, 11) is 0. The molecule has 0 spiro atoms. The summed E-state index contributed by atoms with van der Waals surface area (Å²) < 4.78 is 10.1. The van der Waals surface area contributed by atoms with Crippen molar-refractivity contribution in [3.05, 3.63) is 29.8 Å². The highest BCUT2D eigenvalue weighted by Crippen LogP contribution is 2.34.